The third-order valence-electron chi connectivity index (χ3n) is 4.80. The van der Waals surface area contributed by atoms with Crippen LogP contribution >= 0.6 is 0 Å². The number of rotatable bonds is 7. The summed E-state index contributed by atoms with van der Waals surface area (Å²) in [6.07, 6.45) is 5.55. The van der Waals surface area contributed by atoms with Crippen molar-refractivity contribution in [2.45, 2.75) is 58.6 Å². The first-order valence-electron chi connectivity index (χ1n) is 11.1. The Morgan fingerprint density at radius 1 is 1.27 bits per heavy atom. The van der Waals surface area contributed by atoms with Gasteiger partial charge in [0.25, 0.3) is 0 Å². The van der Waals surface area contributed by atoms with E-state index in [0.717, 1.165) is 37.1 Å². The maximum atomic E-state index is 11.9. The van der Waals surface area contributed by atoms with Gasteiger partial charge in [-0.2, -0.15) is 4.98 Å². The van der Waals surface area contributed by atoms with Gasteiger partial charge in [0.2, 0.25) is 11.8 Å². The van der Waals surface area contributed by atoms with Crippen LogP contribution in [0.15, 0.2) is 24.5 Å². The minimum atomic E-state index is -0.501. The SMILES string of the molecule is CCCNc1nc(Nc2ccnc(OC)c2)ncc1C#CC1CC(NC(=O)OC(C)(C)C)C1. The predicted molar refractivity (Wildman–Crippen MR) is 128 cm³/mol. The van der Waals surface area contributed by atoms with Gasteiger partial charge in [0.1, 0.15) is 11.4 Å². The van der Waals surface area contributed by atoms with E-state index >= 15 is 0 Å². The number of alkyl carbamates (subject to hydrolysis) is 1. The Morgan fingerprint density at radius 2 is 2.06 bits per heavy atom. The van der Waals surface area contributed by atoms with Gasteiger partial charge in [0.05, 0.1) is 18.9 Å². The standard InChI is InChI=1S/C24H32N6O3/c1-6-10-26-21-17(8-7-16-12-19(13-16)29-23(31)33-24(2,3)4)15-27-22(30-21)28-18-9-11-25-20(14-18)32-5/h9,11,14-16,19H,6,10,12-13H2,1-5H3,(H,29,31)(H2,25,26,27,28,30). The molecule has 33 heavy (non-hydrogen) atoms. The minimum Gasteiger partial charge on any atom is -0.481 e. The van der Waals surface area contributed by atoms with Gasteiger partial charge in [0, 0.05) is 36.5 Å². The van der Waals surface area contributed by atoms with Crippen LogP contribution in [0.2, 0.25) is 0 Å². The van der Waals surface area contributed by atoms with Gasteiger partial charge in [-0.25, -0.2) is 14.8 Å². The Kier molecular flexibility index (Phi) is 7.93. The first kappa shape index (κ1) is 24.1. The number of methoxy groups -OCH3 is 1. The molecule has 1 aliphatic carbocycles. The Balaban J connectivity index is 1.62. The van der Waals surface area contributed by atoms with Gasteiger partial charge in [-0.3, -0.25) is 0 Å². The van der Waals surface area contributed by atoms with E-state index in [0.29, 0.717) is 17.6 Å². The molecule has 0 bridgehead atoms. The van der Waals surface area contributed by atoms with Crippen LogP contribution in [0.4, 0.5) is 22.2 Å². The van der Waals surface area contributed by atoms with Crippen molar-refractivity contribution in [1.82, 2.24) is 20.3 Å². The molecule has 0 aliphatic heterocycles. The van der Waals surface area contributed by atoms with Crippen LogP contribution in [0.25, 0.3) is 0 Å². The summed E-state index contributed by atoms with van der Waals surface area (Å²) in [5.41, 5.74) is 1.02. The second kappa shape index (κ2) is 10.9. The Hall–Kier alpha value is -3.54. The van der Waals surface area contributed by atoms with Crippen molar-refractivity contribution in [2.24, 2.45) is 5.92 Å². The van der Waals surface area contributed by atoms with Crippen molar-refractivity contribution in [3.05, 3.63) is 30.1 Å². The zero-order chi connectivity index (χ0) is 23.8. The van der Waals surface area contributed by atoms with E-state index in [4.69, 9.17) is 9.47 Å². The average Bonchev–Trinajstić information content (AvgIpc) is 2.73. The number of nitrogens with zero attached hydrogens (tertiary/aromatic N) is 3. The van der Waals surface area contributed by atoms with Crippen molar-refractivity contribution in [2.75, 3.05) is 24.3 Å². The first-order valence-corrected chi connectivity index (χ1v) is 11.1. The minimum absolute atomic E-state index is 0.0945. The van der Waals surface area contributed by atoms with E-state index in [1.54, 1.807) is 25.6 Å². The Bertz CT molecular complexity index is 1020. The molecule has 3 rings (SSSR count). The van der Waals surface area contributed by atoms with E-state index < -0.39 is 5.60 Å². The molecule has 0 aromatic carbocycles. The van der Waals surface area contributed by atoms with Crippen molar-refractivity contribution >= 4 is 23.5 Å². The van der Waals surface area contributed by atoms with Crippen LogP contribution in [0.5, 0.6) is 5.88 Å². The molecule has 1 fully saturated rings. The summed E-state index contributed by atoms with van der Waals surface area (Å²) in [6.45, 7) is 8.42. The molecule has 0 atom stereocenters. The highest BCUT2D eigenvalue weighted by molar-refractivity contribution is 5.68. The monoisotopic (exact) mass is 452 g/mol. The number of nitrogens with one attached hydrogen (secondary N) is 3. The van der Waals surface area contributed by atoms with E-state index in [1.807, 2.05) is 26.8 Å². The smallest absolute Gasteiger partial charge is 0.407 e. The molecule has 0 saturated heterocycles. The van der Waals surface area contributed by atoms with Crippen LogP contribution < -0.4 is 20.7 Å². The number of hydrogen-bond donors (Lipinski definition) is 3. The zero-order valence-electron chi connectivity index (χ0n) is 19.9. The number of amides is 1. The van der Waals surface area contributed by atoms with Gasteiger partial charge in [-0.15, -0.1) is 0 Å². The number of aromatic nitrogens is 3. The Labute approximate surface area is 195 Å². The van der Waals surface area contributed by atoms with Gasteiger partial charge < -0.3 is 25.4 Å². The van der Waals surface area contributed by atoms with Crippen LogP contribution in [0.3, 0.4) is 0 Å². The zero-order valence-corrected chi connectivity index (χ0v) is 19.9. The van der Waals surface area contributed by atoms with Gasteiger partial charge in [-0.1, -0.05) is 18.8 Å². The summed E-state index contributed by atoms with van der Waals surface area (Å²) >= 11 is 0. The highest BCUT2D eigenvalue weighted by Crippen LogP contribution is 2.27. The van der Waals surface area contributed by atoms with Crippen molar-refractivity contribution in [3.63, 3.8) is 0 Å². The largest absolute Gasteiger partial charge is 0.481 e. The topological polar surface area (TPSA) is 110 Å². The molecule has 0 spiro atoms. The molecular weight excluding hydrogens is 420 g/mol. The first-order chi connectivity index (χ1) is 15.8. The van der Waals surface area contributed by atoms with Gasteiger partial charge in [-0.05, 0) is 46.1 Å². The summed E-state index contributed by atoms with van der Waals surface area (Å²) in [6, 6.07) is 3.68. The summed E-state index contributed by atoms with van der Waals surface area (Å²) < 4.78 is 10.5. The van der Waals surface area contributed by atoms with E-state index in [-0.39, 0.29) is 18.1 Å². The number of carbonyl (C=O) groups excluding carboxylic acids is 1. The lowest BCUT2D eigenvalue weighted by Crippen LogP contribution is -2.45. The molecule has 1 saturated carbocycles. The van der Waals surface area contributed by atoms with E-state index in [2.05, 4.69) is 49.7 Å². The maximum Gasteiger partial charge on any atom is 0.407 e. The van der Waals surface area contributed by atoms with Crippen LogP contribution in [-0.4, -0.2) is 46.3 Å². The van der Waals surface area contributed by atoms with E-state index in [9.17, 15) is 4.79 Å². The lowest BCUT2D eigenvalue weighted by molar-refractivity contribution is 0.0467. The fourth-order valence-corrected chi connectivity index (χ4v) is 3.15. The predicted octanol–water partition coefficient (Wildman–Crippen LogP) is 4.10. The fraction of sp³-hybridized carbons (Fsp3) is 0.500. The van der Waals surface area contributed by atoms with E-state index in [1.165, 1.54) is 0 Å². The highest BCUT2D eigenvalue weighted by Gasteiger charge is 2.30. The quantitative estimate of drug-likeness (QED) is 0.539. The highest BCUT2D eigenvalue weighted by atomic mass is 16.6. The second-order valence-electron chi connectivity index (χ2n) is 8.88. The fourth-order valence-electron chi connectivity index (χ4n) is 3.15. The van der Waals surface area contributed by atoms with Gasteiger partial charge in [0.15, 0.2) is 0 Å². The lowest BCUT2D eigenvalue weighted by atomic mass is 9.81. The van der Waals surface area contributed by atoms with Crippen molar-refractivity contribution < 1.29 is 14.3 Å². The summed E-state index contributed by atoms with van der Waals surface area (Å²) in [4.78, 5) is 25.0. The summed E-state index contributed by atoms with van der Waals surface area (Å²) in [5, 5.41) is 9.38. The molecule has 0 radical (unpaired) electrons. The number of anilines is 3. The van der Waals surface area contributed by atoms with Crippen LogP contribution in [-0.2, 0) is 4.74 Å². The van der Waals surface area contributed by atoms with Gasteiger partial charge >= 0.3 is 6.09 Å². The third kappa shape index (κ3) is 7.52. The molecule has 2 heterocycles. The molecule has 9 heteroatoms. The maximum absolute atomic E-state index is 11.9. The Morgan fingerprint density at radius 3 is 2.76 bits per heavy atom. The molecule has 3 N–H and O–H groups in total. The van der Waals surface area contributed by atoms with Crippen molar-refractivity contribution in [1.29, 1.82) is 0 Å². The molecule has 9 nitrogen and oxygen atoms in total. The molecule has 0 unspecified atom stereocenters. The van der Waals surface area contributed by atoms with Crippen LogP contribution in [0, 0.1) is 17.8 Å². The molecule has 1 amide bonds. The number of pyridine rings is 1. The normalized spacial score (nSPS) is 17.1. The summed E-state index contributed by atoms with van der Waals surface area (Å²) in [7, 11) is 1.57. The molecule has 2 aromatic rings. The number of hydrogen-bond acceptors (Lipinski definition) is 8. The number of ether oxygens (including phenoxy) is 2. The lowest BCUT2D eigenvalue weighted by Gasteiger charge is -2.33. The second-order valence-corrected chi connectivity index (χ2v) is 8.88. The number of carbonyl (C=O) groups is 1. The molecule has 1 aliphatic rings. The molecule has 2 aromatic heterocycles. The molecule has 176 valence electrons. The average molecular weight is 453 g/mol. The molecular formula is C24H32N6O3. The van der Waals surface area contributed by atoms with Crippen molar-refractivity contribution in [3.8, 4) is 17.7 Å². The van der Waals surface area contributed by atoms with Crippen LogP contribution in [0.1, 0.15) is 52.5 Å². The third-order valence-corrected chi connectivity index (χ3v) is 4.80. The summed E-state index contributed by atoms with van der Waals surface area (Å²) in [5.74, 6) is 8.35.